The number of unbranched alkanes of at least 4 members (excludes halogenated alkanes) is 1. The first-order valence-corrected chi connectivity index (χ1v) is 10.9. The summed E-state index contributed by atoms with van der Waals surface area (Å²) in [5.41, 5.74) is 2.23. The lowest BCUT2D eigenvalue weighted by atomic mass is 10.1. The molecule has 0 aromatic heterocycles. The highest BCUT2D eigenvalue weighted by Gasteiger charge is 2.28. The topological polar surface area (TPSA) is 40.6 Å². The maximum Gasteiger partial charge on any atom is 0.243 e. The van der Waals surface area contributed by atoms with Gasteiger partial charge >= 0.3 is 0 Å². The van der Waals surface area contributed by atoms with Gasteiger partial charge in [0.15, 0.2) is 0 Å². The fourth-order valence-electron chi connectivity index (χ4n) is 3.22. The zero-order chi connectivity index (χ0) is 18.6. The van der Waals surface area contributed by atoms with Crippen molar-refractivity contribution in [2.24, 2.45) is 0 Å². The van der Waals surface area contributed by atoms with Gasteiger partial charge in [-0.25, -0.2) is 8.42 Å². The van der Waals surface area contributed by atoms with Crippen LogP contribution >= 0.6 is 11.6 Å². The Kier molecular flexibility index (Phi) is 6.22. The van der Waals surface area contributed by atoms with E-state index in [4.69, 9.17) is 11.6 Å². The van der Waals surface area contributed by atoms with Crippen molar-refractivity contribution in [1.29, 1.82) is 0 Å². The number of hydrogen-bond donors (Lipinski definition) is 0. The van der Waals surface area contributed by atoms with E-state index in [1.165, 1.54) is 5.56 Å². The van der Waals surface area contributed by atoms with Crippen LogP contribution in [-0.4, -0.2) is 38.9 Å². The first-order chi connectivity index (χ1) is 12.5. The number of anilines is 1. The van der Waals surface area contributed by atoms with Crippen molar-refractivity contribution in [3.8, 4) is 0 Å². The molecule has 26 heavy (non-hydrogen) atoms. The molecule has 0 spiro atoms. The Morgan fingerprint density at radius 2 is 1.69 bits per heavy atom. The molecule has 4 nitrogen and oxygen atoms in total. The van der Waals surface area contributed by atoms with Gasteiger partial charge in [-0.3, -0.25) is 0 Å². The molecule has 1 fully saturated rings. The third-order valence-electron chi connectivity index (χ3n) is 4.79. The summed E-state index contributed by atoms with van der Waals surface area (Å²) < 4.78 is 27.4. The van der Waals surface area contributed by atoms with Gasteiger partial charge in [0.1, 0.15) is 0 Å². The predicted octanol–water partition coefficient (Wildman–Crippen LogP) is 4.19. The van der Waals surface area contributed by atoms with E-state index in [0.717, 1.165) is 24.9 Å². The van der Waals surface area contributed by atoms with Crippen LogP contribution in [0.5, 0.6) is 0 Å². The quantitative estimate of drug-likeness (QED) is 0.739. The van der Waals surface area contributed by atoms with E-state index < -0.39 is 10.0 Å². The van der Waals surface area contributed by atoms with Gasteiger partial charge in [0.05, 0.1) is 4.90 Å². The minimum atomic E-state index is -3.43. The molecule has 2 aromatic rings. The molecule has 0 radical (unpaired) electrons. The molecule has 1 heterocycles. The van der Waals surface area contributed by atoms with E-state index in [1.807, 2.05) is 36.4 Å². The van der Waals surface area contributed by atoms with Crippen LogP contribution in [0.2, 0.25) is 5.02 Å². The second-order valence-corrected chi connectivity index (χ2v) is 8.99. The van der Waals surface area contributed by atoms with Crippen LogP contribution in [0.15, 0.2) is 53.4 Å². The number of piperazine rings is 1. The third kappa shape index (κ3) is 4.40. The average molecular weight is 393 g/mol. The van der Waals surface area contributed by atoms with Crippen LogP contribution in [-0.2, 0) is 16.4 Å². The molecule has 1 saturated heterocycles. The van der Waals surface area contributed by atoms with E-state index in [2.05, 4.69) is 11.8 Å². The summed E-state index contributed by atoms with van der Waals surface area (Å²) in [6, 6.07) is 15.0. The first-order valence-electron chi connectivity index (χ1n) is 9.10. The van der Waals surface area contributed by atoms with Crippen molar-refractivity contribution in [2.45, 2.75) is 31.1 Å². The van der Waals surface area contributed by atoms with Crippen molar-refractivity contribution >= 4 is 27.3 Å². The van der Waals surface area contributed by atoms with Crippen LogP contribution in [0.3, 0.4) is 0 Å². The van der Waals surface area contributed by atoms with Gasteiger partial charge < -0.3 is 4.90 Å². The van der Waals surface area contributed by atoms with Crippen molar-refractivity contribution < 1.29 is 8.42 Å². The van der Waals surface area contributed by atoms with E-state index in [0.29, 0.717) is 36.1 Å². The second kappa shape index (κ2) is 8.42. The Bertz CT molecular complexity index is 829. The molecule has 0 aliphatic carbocycles. The summed E-state index contributed by atoms with van der Waals surface area (Å²) in [6.45, 7) is 4.43. The predicted molar refractivity (Wildman–Crippen MR) is 107 cm³/mol. The summed E-state index contributed by atoms with van der Waals surface area (Å²) in [7, 11) is -3.43. The zero-order valence-corrected chi connectivity index (χ0v) is 16.6. The van der Waals surface area contributed by atoms with Gasteiger partial charge in [-0.1, -0.05) is 43.1 Å². The van der Waals surface area contributed by atoms with Gasteiger partial charge in [-0.05, 0) is 48.7 Å². The largest absolute Gasteiger partial charge is 0.369 e. The van der Waals surface area contributed by atoms with Gasteiger partial charge in [0.25, 0.3) is 0 Å². The number of hydrogen-bond acceptors (Lipinski definition) is 3. The van der Waals surface area contributed by atoms with Crippen LogP contribution in [0.4, 0.5) is 5.69 Å². The summed E-state index contributed by atoms with van der Waals surface area (Å²) in [4.78, 5) is 2.56. The van der Waals surface area contributed by atoms with Crippen molar-refractivity contribution in [1.82, 2.24) is 4.31 Å². The molecule has 0 N–H and O–H groups in total. The maximum absolute atomic E-state index is 12.9. The summed E-state index contributed by atoms with van der Waals surface area (Å²) >= 11 is 6.06. The summed E-state index contributed by atoms with van der Waals surface area (Å²) in [5, 5.41) is 0.695. The molecule has 6 heteroatoms. The summed E-state index contributed by atoms with van der Waals surface area (Å²) in [5.74, 6) is 0. The molecular weight excluding hydrogens is 368 g/mol. The fourth-order valence-corrected chi connectivity index (χ4v) is 4.82. The van der Waals surface area contributed by atoms with Crippen LogP contribution in [0.25, 0.3) is 0 Å². The highest BCUT2D eigenvalue weighted by Crippen LogP contribution is 2.23. The van der Waals surface area contributed by atoms with Crippen molar-refractivity contribution in [3.05, 3.63) is 59.1 Å². The minimum Gasteiger partial charge on any atom is -0.369 e. The molecule has 1 aliphatic rings. The van der Waals surface area contributed by atoms with E-state index in [1.54, 1.807) is 16.4 Å². The molecule has 1 aliphatic heterocycles. The Labute approximate surface area is 161 Å². The highest BCUT2D eigenvalue weighted by atomic mass is 35.5. The standard InChI is InChI=1S/C20H25ClN2O2S/c1-2-3-5-17-8-10-20(11-9-17)26(24,25)23-14-12-22(13-15-23)19-7-4-6-18(21)16-19/h4,6-11,16H,2-3,5,12-15H2,1H3. The van der Waals surface area contributed by atoms with Gasteiger partial charge in [0.2, 0.25) is 10.0 Å². The van der Waals surface area contributed by atoms with E-state index >= 15 is 0 Å². The van der Waals surface area contributed by atoms with Gasteiger partial charge in [-0.15, -0.1) is 0 Å². The van der Waals surface area contributed by atoms with Crippen molar-refractivity contribution in [2.75, 3.05) is 31.1 Å². The Morgan fingerprint density at radius 3 is 2.31 bits per heavy atom. The summed E-state index contributed by atoms with van der Waals surface area (Å²) in [6.07, 6.45) is 3.25. The first kappa shape index (κ1) is 19.2. The lowest BCUT2D eigenvalue weighted by Crippen LogP contribution is -2.48. The van der Waals surface area contributed by atoms with E-state index in [-0.39, 0.29) is 0 Å². The molecule has 0 unspecified atom stereocenters. The van der Waals surface area contributed by atoms with E-state index in [9.17, 15) is 8.42 Å². The van der Waals surface area contributed by atoms with Crippen molar-refractivity contribution in [3.63, 3.8) is 0 Å². The van der Waals surface area contributed by atoms with Crippen LogP contribution in [0, 0.1) is 0 Å². The molecule has 0 atom stereocenters. The molecule has 0 amide bonds. The normalized spacial score (nSPS) is 16.0. The lowest BCUT2D eigenvalue weighted by molar-refractivity contribution is 0.385. The average Bonchev–Trinajstić information content (AvgIpc) is 2.67. The van der Waals surface area contributed by atoms with Gasteiger partial charge in [-0.2, -0.15) is 4.31 Å². The number of nitrogens with zero attached hydrogens (tertiary/aromatic N) is 2. The molecule has 2 aromatic carbocycles. The number of aryl methyl sites for hydroxylation is 1. The fraction of sp³-hybridized carbons (Fsp3) is 0.400. The molecule has 3 rings (SSSR count). The number of benzene rings is 2. The Hall–Kier alpha value is -1.56. The monoisotopic (exact) mass is 392 g/mol. The third-order valence-corrected chi connectivity index (χ3v) is 6.94. The van der Waals surface area contributed by atoms with Crippen LogP contribution < -0.4 is 4.90 Å². The lowest BCUT2D eigenvalue weighted by Gasteiger charge is -2.35. The van der Waals surface area contributed by atoms with Crippen LogP contribution in [0.1, 0.15) is 25.3 Å². The molecule has 0 saturated carbocycles. The minimum absolute atomic E-state index is 0.383. The molecular formula is C20H25ClN2O2S. The molecule has 0 bridgehead atoms. The second-order valence-electron chi connectivity index (χ2n) is 6.62. The SMILES string of the molecule is CCCCc1ccc(S(=O)(=O)N2CCN(c3cccc(Cl)c3)CC2)cc1. The zero-order valence-electron chi connectivity index (χ0n) is 15.1. The number of rotatable bonds is 6. The highest BCUT2D eigenvalue weighted by molar-refractivity contribution is 7.89. The molecule has 140 valence electrons. The smallest absolute Gasteiger partial charge is 0.243 e. The maximum atomic E-state index is 12.9. The number of halogens is 1. The number of sulfonamides is 1. The Morgan fingerprint density at radius 1 is 1.00 bits per heavy atom. The van der Waals surface area contributed by atoms with Gasteiger partial charge in [0, 0.05) is 36.9 Å². The Balaban J connectivity index is 1.66.